The van der Waals surface area contributed by atoms with Gasteiger partial charge in [0.2, 0.25) is 0 Å². The maximum absolute atomic E-state index is 5.44. The Morgan fingerprint density at radius 1 is 0.962 bits per heavy atom. The van der Waals surface area contributed by atoms with Gasteiger partial charge in [0.15, 0.2) is 5.96 Å². The van der Waals surface area contributed by atoms with E-state index in [1.165, 1.54) is 16.3 Å². The van der Waals surface area contributed by atoms with Crippen molar-refractivity contribution in [2.45, 2.75) is 13.0 Å². The normalized spacial score (nSPS) is 11.6. The lowest BCUT2D eigenvalue weighted by molar-refractivity contribution is 0.0698. The van der Waals surface area contributed by atoms with Gasteiger partial charge in [0.1, 0.15) is 5.75 Å². The smallest absolute Gasteiger partial charge is 0.191 e. The molecule has 0 aliphatic heterocycles. The van der Waals surface area contributed by atoms with Crippen LogP contribution in [0, 0.1) is 0 Å². The molecule has 2 N–H and O–H groups in total. The molecule has 0 aliphatic rings. The Morgan fingerprint density at radius 3 is 2.54 bits per heavy atom. The third kappa shape index (κ3) is 6.54. The van der Waals surface area contributed by atoms with Crippen LogP contribution in [0.3, 0.4) is 0 Å². The molecule has 0 radical (unpaired) electrons. The van der Waals surface area contributed by atoms with Crippen LogP contribution < -0.4 is 15.4 Å². The van der Waals surface area contributed by atoms with Crippen molar-refractivity contribution in [3.63, 3.8) is 0 Å². The summed E-state index contributed by atoms with van der Waals surface area (Å²) in [6.45, 7) is 3.50. The number of nitrogens with one attached hydrogen (secondary N) is 2. The second-order valence-electron chi connectivity index (χ2n) is 5.86. The van der Waals surface area contributed by atoms with Crippen molar-refractivity contribution in [3.05, 3.63) is 42.0 Å². The van der Waals surface area contributed by atoms with Crippen molar-refractivity contribution in [2.75, 3.05) is 47.6 Å². The number of guanidine groups is 1. The third-order valence-electron chi connectivity index (χ3n) is 3.99. The minimum absolute atomic E-state index is 0.634. The van der Waals surface area contributed by atoms with Gasteiger partial charge in [-0.3, -0.25) is 4.99 Å². The number of ether oxygens (including phenoxy) is 3. The largest absolute Gasteiger partial charge is 0.497 e. The Bertz CT molecular complexity index is 704. The summed E-state index contributed by atoms with van der Waals surface area (Å²) < 4.78 is 15.7. The number of fused-ring (bicyclic) bond motifs is 1. The molecule has 2 aromatic carbocycles. The summed E-state index contributed by atoms with van der Waals surface area (Å²) in [4.78, 5) is 4.25. The minimum Gasteiger partial charge on any atom is -0.497 e. The van der Waals surface area contributed by atoms with Crippen LogP contribution >= 0.6 is 0 Å². The maximum atomic E-state index is 5.44. The van der Waals surface area contributed by atoms with E-state index in [-0.39, 0.29) is 0 Å². The van der Waals surface area contributed by atoms with Crippen molar-refractivity contribution in [3.8, 4) is 5.75 Å². The molecule has 0 unspecified atom stereocenters. The highest BCUT2D eigenvalue weighted by Gasteiger charge is 2.01. The molecule has 0 atom stereocenters. The average molecular weight is 359 g/mol. The van der Waals surface area contributed by atoms with Gasteiger partial charge in [-0.2, -0.15) is 0 Å². The summed E-state index contributed by atoms with van der Waals surface area (Å²) in [5, 5.41) is 9.00. The Hall–Kier alpha value is -2.31. The molecule has 0 bridgehead atoms. The Kier molecular flexibility index (Phi) is 8.72. The van der Waals surface area contributed by atoms with Crippen molar-refractivity contribution in [2.24, 2.45) is 4.99 Å². The molecule has 0 saturated heterocycles. The van der Waals surface area contributed by atoms with E-state index in [4.69, 9.17) is 14.2 Å². The van der Waals surface area contributed by atoms with Crippen molar-refractivity contribution < 1.29 is 14.2 Å². The second-order valence-corrected chi connectivity index (χ2v) is 5.86. The van der Waals surface area contributed by atoms with Gasteiger partial charge in [0, 0.05) is 33.9 Å². The number of aliphatic imine (C=N–C) groups is 1. The maximum Gasteiger partial charge on any atom is 0.191 e. The van der Waals surface area contributed by atoms with Crippen LogP contribution in [0.15, 0.2) is 41.4 Å². The van der Waals surface area contributed by atoms with Gasteiger partial charge < -0.3 is 24.8 Å². The first-order valence-corrected chi connectivity index (χ1v) is 8.84. The zero-order valence-electron chi connectivity index (χ0n) is 15.9. The molecule has 0 spiro atoms. The predicted molar refractivity (Wildman–Crippen MR) is 106 cm³/mol. The van der Waals surface area contributed by atoms with Crippen LogP contribution in [-0.4, -0.2) is 53.6 Å². The first-order valence-electron chi connectivity index (χ1n) is 8.84. The molecule has 2 aromatic rings. The monoisotopic (exact) mass is 359 g/mol. The van der Waals surface area contributed by atoms with E-state index in [1.807, 2.05) is 12.1 Å². The van der Waals surface area contributed by atoms with Gasteiger partial charge >= 0.3 is 0 Å². The zero-order valence-corrected chi connectivity index (χ0v) is 15.9. The summed E-state index contributed by atoms with van der Waals surface area (Å²) >= 11 is 0. The molecule has 6 nitrogen and oxygen atoms in total. The van der Waals surface area contributed by atoms with E-state index in [1.54, 1.807) is 21.3 Å². The van der Waals surface area contributed by atoms with Gasteiger partial charge in [-0.05, 0) is 41.0 Å². The number of methoxy groups -OCH3 is 2. The van der Waals surface area contributed by atoms with Crippen molar-refractivity contribution >= 4 is 16.7 Å². The summed E-state index contributed by atoms with van der Waals surface area (Å²) in [7, 11) is 5.13. The van der Waals surface area contributed by atoms with E-state index in [2.05, 4.69) is 39.9 Å². The summed E-state index contributed by atoms with van der Waals surface area (Å²) in [5.41, 5.74) is 1.20. The second kappa shape index (κ2) is 11.3. The molecule has 0 heterocycles. The fourth-order valence-corrected chi connectivity index (χ4v) is 2.54. The molecule has 0 aliphatic carbocycles. The van der Waals surface area contributed by atoms with E-state index < -0.39 is 0 Å². The highest BCUT2D eigenvalue weighted by Crippen LogP contribution is 2.21. The van der Waals surface area contributed by atoms with Gasteiger partial charge in [-0.25, -0.2) is 0 Å². The minimum atomic E-state index is 0.634. The topological polar surface area (TPSA) is 64.1 Å². The Morgan fingerprint density at radius 2 is 1.77 bits per heavy atom. The quantitative estimate of drug-likeness (QED) is 0.388. The lowest BCUT2D eigenvalue weighted by Gasteiger charge is -2.12. The summed E-state index contributed by atoms with van der Waals surface area (Å²) in [5.74, 6) is 1.66. The van der Waals surface area contributed by atoms with Gasteiger partial charge in [0.25, 0.3) is 0 Å². The Balaban J connectivity index is 1.76. The van der Waals surface area contributed by atoms with E-state index >= 15 is 0 Å². The fraction of sp³-hybridized carbons (Fsp3) is 0.450. The first kappa shape index (κ1) is 20.0. The van der Waals surface area contributed by atoms with Crippen molar-refractivity contribution in [1.82, 2.24) is 10.6 Å². The lowest BCUT2D eigenvalue weighted by atomic mass is 10.1. The number of hydrogen-bond acceptors (Lipinski definition) is 4. The fourth-order valence-electron chi connectivity index (χ4n) is 2.54. The number of hydrogen-bond donors (Lipinski definition) is 2. The molecule has 0 saturated carbocycles. The molecule has 142 valence electrons. The van der Waals surface area contributed by atoms with Gasteiger partial charge in [-0.15, -0.1) is 0 Å². The molecule has 6 heteroatoms. The molecule has 2 rings (SSSR count). The summed E-state index contributed by atoms with van der Waals surface area (Å²) in [6.07, 6.45) is 0.919. The number of benzene rings is 2. The molecular formula is C20H29N3O3. The van der Waals surface area contributed by atoms with Crippen LogP contribution in [0.25, 0.3) is 10.8 Å². The van der Waals surface area contributed by atoms with Crippen LogP contribution in [0.5, 0.6) is 5.75 Å². The van der Waals surface area contributed by atoms with Gasteiger partial charge in [0.05, 0.1) is 20.3 Å². The SMILES string of the molecule is CN=C(NCCCOCCOC)NCc1ccc2cc(OC)ccc2c1. The number of nitrogens with zero attached hydrogens (tertiary/aromatic N) is 1. The predicted octanol–water partition coefficient (Wildman–Crippen LogP) is 2.57. The number of rotatable bonds is 10. The third-order valence-corrected chi connectivity index (χ3v) is 3.99. The molecule has 0 fully saturated rings. The highest BCUT2D eigenvalue weighted by atomic mass is 16.5. The standard InChI is InChI=1S/C20H29N3O3/c1-21-20(22-9-4-10-26-12-11-24-2)23-15-16-5-6-18-14-19(25-3)8-7-17(18)13-16/h5-8,13-14H,4,9-12,15H2,1-3H3,(H2,21,22,23). The molecular weight excluding hydrogens is 330 g/mol. The molecule has 0 aromatic heterocycles. The zero-order chi connectivity index (χ0) is 18.6. The lowest BCUT2D eigenvalue weighted by Crippen LogP contribution is -2.37. The van der Waals surface area contributed by atoms with E-state index in [9.17, 15) is 0 Å². The van der Waals surface area contributed by atoms with Crippen LogP contribution in [0.2, 0.25) is 0 Å². The van der Waals surface area contributed by atoms with Crippen LogP contribution in [-0.2, 0) is 16.0 Å². The first-order chi connectivity index (χ1) is 12.8. The molecule has 0 amide bonds. The van der Waals surface area contributed by atoms with Crippen LogP contribution in [0.4, 0.5) is 0 Å². The van der Waals surface area contributed by atoms with E-state index in [0.29, 0.717) is 26.4 Å². The Labute approximate surface area is 155 Å². The van der Waals surface area contributed by atoms with Crippen LogP contribution in [0.1, 0.15) is 12.0 Å². The summed E-state index contributed by atoms with van der Waals surface area (Å²) in [6, 6.07) is 12.5. The van der Waals surface area contributed by atoms with Gasteiger partial charge in [-0.1, -0.05) is 18.2 Å². The highest BCUT2D eigenvalue weighted by molar-refractivity contribution is 5.85. The average Bonchev–Trinajstić information content (AvgIpc) is 2.69. The molecule has 26 heavy (non-hydrogen) atoms. The van der Waals surface area contributed by atoms with E-state index in [0.717, 1.165) is 24.7 Å². The van der Waals surface area contributed by atoms with Crippen molar-refractivity contribution in [1.29, 1.82) is 0 Å².